The molecular formula is C13H17F2NO. The summed E-state index contributed by atoms with van der Waals surface area (Å²) in [5, 5.41) is 3.05. The first kappa shape index (κ1) is 12.3. The Morgan fingerprint density at radius 1 is 1.24 bits per heavy atom. The number of rotatable bonds is 3. The van der Waals surface area contributed by atoms with Crippen LogP contribution >= 0.6 is 0 Å². The van der Waals surface area contributed by atoms with Crippen LogP contribution in [0.2, 0.25) is 0 Å². The van der Waals surface area contributed by atoms with Gasteiger partial charge in [0.05, 0.1) is 17.8 Å². The fourth-order valence-electron chi connectivity index (χ4n) is 2.36. The van der Waals surface area contributed by atoms with E-state index in [4.69, 9.17) is 4.74 Å². The first-order chi connectivity index (χ1) is 8.22. The van der Waals surface area contributed by atoms with Crippen LogP contribution in [0, 0.1) is 11.6 Å². The lowest BCUT2D eigenvalue weighted by molar-refractivity contribution is 0.0605. The maximum absolute atomic E-state index is 13.5. The van der Waals surface area contributed by atoms with Crippen LogP contribution in [0.5, 0.6) is 0 Å². The van der Waals surface area contributed by atoms with Crippen LogP contribution < -0.4 is 5.32 Å². The first-order valence-corrected chi connectivity index (χ1v) is 5.95. The Labute approximate surface area is 100.0 Å². The molecule has 2 atom stereocenters. The zero-order chi connectivity index (χ0) is 12.3. The van der Waals surface area contributed by atoms with Gasteiger partial charge in [0.15, 0.2) is 11.6 Å². The van der Waals surface area contributed by atoms with Gasteiger partial charge in [-0.3, -0.25) is 0 Å². The zero-order valence-electron chi connectivity index (χ0n) is 9.88. The molecule has 1 aliphatic carbocycles. The fraction of sp³-hybridized carbons (Fsp3) is 0.538. The van der Waals surface area contributed by atoms with Crippen molar-refractivity contribution in [3.8, 4) is 0 Å². The smallest absolute Gasteiger partial charge is 0.181 e. The highest BCUT2D eigenvalue weighted by Crippen LogP contribution is 2.26. The van der Waals surface area contributed by atoms with Crippen molar-refractivity contribution in [3.63, 3.8) is 0 Å². The summed E-state index contributed by atoms with van der Waals surface area (Å²) in [6.07, 6.45) is 4.18. The molecule has 1 saturated carbocycles. The number of hydrogen-bond acceptors (Lipinski definition) is 2. The van der Waals surface area contributed by atoms with Crippen LogP contribution in [0.4, 0.5) is 14.5 Å². The van der Waals surface area contributed by atoms with Crippen molar-refractivity contribution in [2.24, 2.45) is 0 Å². The molecule has 0 aliphatic heterocycles. The zero-order valence-corrected chi connectivity index (χ0v) is 9.88. The highest BCUT2D eigenvalue weighted by atomic mass is 19.2. The summed E-state index contributed by atoms with van der Waals surface area (Å²) >= 11 is 0. The third kappa shape index (κ3) is 2.75. The minimum atomic E-state index is -0.820. The van der Waals surface area contributed by atoms with Crippen molar-refractivity contribution in [3.05, 3.63) is 29.8 Å². The van der Waals surface area contributed by atoms with E-state index in [0.29, 0.717) is 0 Å². The van der Waals surface area contributed by atoms with E-state index in [1.165, 1.54) is 6.07 Å². The van der Waals surface area contributed by atoms with E-state index in [1.54, 1.807) is 13.2 Å². The third-order valence-electron chi connectivity index (χ3n) is 3.30. The van der Waals surface area contributed by atoms with Crippen molar-refractivity contribution < 1.29 is 13.5 Å². The Morgan fingerprint density at radius 2 is 2.00 bits per heavy atom. The highest BCUT2D eigenvalue weighted by Gasteiger charge is 2.25. The molecule has 0 radical (unpaired) electrons. The monoisotopic (exact) mass is 241 g/mol. The topological polar surface area (TPSA) is 21.3 Å². The lowest BCUT2D eigenvalue weighted by Gasteiger charge is -2.31. The van der Waals surface area contributed by atoms with E-state index in [1.807, 2.05) is 0 Å². The number of halogens is 2. The summed E-state index contributed by atoms with van der Waals surface area (Å²) in [4.78, 5) is 0. The number of anilines is 1. The summed E-state index contributed by atoms with van der Waals surface area (Å²) in [7, 11) is 1.66. The van der Waals surface area contributed by atoms with Crippen LogP contribution in [0.15, 0.2) is 18.2 Å². The fourth-order valence-corrected chi connectivity index (χ4v) is 2.36. The molecule has 1 aromatic rings. The Morgan fingerprint density at radius 3 is 2.76 bits per heavy atom. The molecule has 94 valence electrons. The van der Waals surface area contributed by atoms with E-state index in [0.717, 1.165) is 31.7 Å². The van der Waals surface area contributed by atoms with Gasteiger partial charge in [-0.15, -0.1) is 0 Å². The second-order valence-electron chi connectivity index (χ2n) is 4.41. The molecule has 1 aliphatic rings. The normalized spacial score (nSPS) is 24.6. The third-order valence-corrected chi connectivity index (χ3v) is 3.30. The number of hydrogen-bond donors (Lipinski definition) is 1. The minimum absolute atomic E-state index is 0.0602. The summed E-state index contributed by atoms with van der Waals surface area (Å²) < 4.78 is 31.9. The van der Waals surface area contributed by atoms with Gasteiger partial charge in [0.1, 0.15) is 0 Å². The summed E-state index contributed by atoms with van der Waals surface area (Å²) in [5.41, 5.74) is 0.221. The Balaban J connectivity index is 2.11. The summed E-state index contributed by atoms with van der Waals surface area (Å²) in [5.74, 6) is -1.63. The largest absolute Gasteiger partial charge is 0.379 e. The van der Waals surface area contributed by atoms with E-state index in [9.17, 15) is 8.78 Å². The molecule has 1 fully saturated rings. The van der Waals surface area contributed by atoms with Crippen molar-refractivity contribution in [1.29, 1.82) is 0 Å². The molecule has 0 aromatic heterocycles. The van der Waals surface area contributed by atoms with Gasteiger partial charge in [0, 0.05) is 7.11 Å². The van der Waals surface area contributed by atoms with Gasteiger partial charge in [0.25, 0.3) is 0 Å². The van der Waals surface area contributed by atoms with E-state index in [2.05, 4.69) is 5.32 Å². The molecule has 1 N–H and O–H groups in total. The van der Waals surface area contributed by atoms with Gasteiger partial charge in [-0.2, -0.15) is 0 Å². The van der Waals surface area contributed by atoms with Crippen LogP contribution in [-0.4, -0.2) is 19.3 Å². The molecule has 0 amide bonds. The summed E-state index contributed by atoms with van der Waals surface area (Å²) in [6.45, 7) is 0. The summed E-state index contributed by atoms with van der Waals surface area (Å²) in [6, 6.07) is 4.24. The van der Waals surface area contributed by atoms with Gasteiger partial charge in [-0.1, -0.05) is 18.9 Å². The predicted octanol–water partition coefficient (Wildman–Crippen LogP) is 3.33. The molecule has 0 heterocycles. The second-order valence-corrected chi connectivity index (χ2v) is 4.41. The SMILES string of the molecule is COC1CCCCC1Nc1cccc(F)c1F. The van der Waals surface area contributed by atoms with Crippen LogP contribution in [0.1, 0.15) is 25.7 Å². The average molecular weight is 241 g/mol. The molecule has 2 unspecified atom stereocenters. The van der Waals surface area contributed by atoms with Crippen LogP contribution in [0.3, 0.4) is 0 Å². The molecule has 0 saturated heterocycles. The molecular weight excluding hydrogens is 224 g/mol. The van der Waals surface area contributed by atoms with Gasteiger partial charge < -0.3 is 10.1 Å². The standard InChI is InChI=1S/C13H17F2NO/c1-17-12-8-3-2-6-10(12)16-11-7-4-5-9(14)13(11)15/h4-5,7,10,12,16H,2-3,6,8H2,1H3. The van der Waals surface area contributed by atoms with Gasteiger partial charge in [-0.25, -0.2) is 8.78 Å². The lowest BCUT2D eigenvalue weighted by Crippen LogP contribution is -2.38. The Kier molecular flexibility index (Phi) is 3.94. The number of nitrogens with one attached hydrogen (secondary N) is 1. The predicted molar refractivity (Wildman–Crippen MR) is 63.0 cm³/mol. The molecule has 0 spiro atoms. The number of benzene rings is 1. The Hall–Kier alpha value is -1.16. The molecule has 2 nitrogen and oxygen atoms in total. The maximum Gasteiger partial charge on any atom is 0.181 e. The van der Waals surface area contributed by atoms with Crippen molar-refractivity contribution >= 4 is 5.69 Å². The second kappa shape index (κ2) is 5.45. The average Bonchev–Trinajstić information content (AvgIpc) is 2.35. The van der Waals surface area contributed by atoms with E-state index in [-0.39, 0.29) is 17.8 Å². The lowest BCUT2D eigenvalue weighted by atomic mass is 9.92. The van der Waals surface area contributed by atoms with Crippen LogP contribution in [-0.2, 0) is 4.74 Å². The van der Waals surface area contributed by atoms with Crippen molar-refractivity contribution in [1.82, 2.24) is 0 Å². The van der Waals surface area contributed by atoms with E-state index < -0.39 is 11.6 Å². The highest BCUT2D eigenvalue weighted by molar-refractivity contribution is 5.46. The maximum atomic E-state index is 13.5. The van der Waals surface area contributed by atoms with Crippen molar-refractivity contribution in [2.75, 3.05) is 12.4 Å². The molecule has 1 aromatic carbocycles. The van der Waals surface area contributed by atoms with Crippen molar-refractivity contribution in [2.45, 2.75) is 37.8 Å². The minimum Gasteiger partial charge on any atom is -0.379 e. The molecule has 2 rings (SSSR count). The van der Waals surface area contributed by atoms with Crippen LogP contribution in [0.25, 0.3) is 0 Å². The quantitative estimate of drug-likeness (QED) is 0.876. The first-order valence-electron chi connectivity index (χ1n) is 5.95. The molecule has 4 heteroatoms. The number of methoxy groups -OCH3 is 1. The van der Waals surface area contributed by atoms with Gasteiger partial charge in [-0.05, 0) is 25.0 Å². The Bertz CT molecular complexity index is 384. The molecule has 0 bridgehead atoms. The van der Waals surface area contributed by atoms with Gasteiger partial charge in [0.2, 0.25) is 0 Å². The van der Waals surface area contributed by atoms with Gasteiger partial charge >= 0.3 is 0 Å². The molecule has 17 heavy (non-hydrogen) atoms. The number of ether oxygens (including phenoxy) is 1. The van der Waals surface area contributed by atoms with E-state index >= 15 is 0 Å².